The highest BCUT2D eigenvalue weighted by Crippen LogP contribution is 2.29. The van der Waals surface area contributed by atoms with Crippen molar-refractivity contribution in [2.75, 3.05) is 20.1 Å². The first kappa shape index (κ1) is 15.9. The van der Waals surface area contributed by atoms with E-state index < -0.39 is 6.03 Å². The normalized spacial score (nSPS) is 24.3. The fourth-order valence-electron chi connectivity index (χ4n) is 2.72. The Morgan fingerprint density at radius 3 is 2.68 bits per heavy atom. The van der Waals surface area contributed by atoms with Crippen LogP contribution < -0.4 is 16.4 Å². The maximum absolute atomic E-state index is 12.0. The zero-order valence-corrected chi connectivity index (χ0v) is 12.1. The molecule has 1 saturated carbocycles. The molecule has 0 radical (unpaired) electrons. The zero-order chi connectivity index (χ0) is 14.4. The van der Waals surface area contributed by atoms with Crippen molar-refractivity contribution in [2.24, 2.45) is 11.7 Å². The van der Waals surface area contributed by atoms with E-state index in [9.17, 15) is 9.59 Å². The Bertz CT molecular complexity index is 322. The van der Waals surface area contributed by atoms with Crippen LogP contribution in [0.3, 0.4) is 0 Å². The molecule has 3 amide bonds. The molecular weight excluding hydrogens is 244 g/mol. The Morgan fingerprint density at radius 2 is 2.11 bits per heavy atom. The number of carbonyl (C=O) groups excluding carboxylic acids is 2. The number of nitrogens with zero attached hydrogens (tertiary/aromatic N) is 1. The van der Waals surface area contributed by atoms with Gasteiger partial charge in [0.05, 0.1) is 6.04 Å². The molecule has 19 heavy (non-hydrogen) atoms. The molecular formula is C13H26N4O2. The monoisotopic (exact) mass is 270 g/mol. The highest BCUT2D eigenvalue weighted by atomic mass is 16.2. The predicted octanol–water partition coefficient (Wildman–Crippen LogP) is 0.280. The summed E-state index contributed by atoms with van der Waals surface area (Å²) in [6.45, 7) is 4.78. The summed E-state index contributed by atoms with van der Waals surface area (Å²) in [6.07, 6.45) is 3.34. The zero-order valence-electron chi connectivity index (χ0n) is 12.1. The first-order valence-electron chi connectivity index (χ1n) is 7.01. The second-order valence-electron chi connectivity index (χ2n) is 5.18. The number of nitrogens with one attached hydrogen (secondary N) is 2. The number of rotatable bonds is 5. The summed E-state index contributed by atoms with van der Waals surface area (Å²) in [7, 11) is 1.93. The molecule has 1 aliphatic carbocycles. The summed E-state index contributed by atoms with van der Waals surface area (Å²) < 4.78 is 0. The van der Waals surface area contributed by atoms with E-state index >= 15 is 0 Å². The number of hydrogen-bond acceptors (Lipinski definition) is 4. The van der Waals surface area contributed by atoms with Crippen LogP contribution in [0.15, 0.2) is 0 Å². The van der Waals surface area contributed by atoms with E-state index in [0.717, 1.165) is 19.3 Å². The van der Waals surface area contributed by atoms with Gasteiger partial charge in [-0.1, -0.05) is 6.42 Å². The highest BCUT2D eigenvalue weighted by Gasteiger charge is 2.33. The van der Waals surface area contributed by atoms with Crippen molar-refractivity contribution in [2.45, 2.75) is 45.2 Å². The molecule has 6 heteroatoms. The van der Waals surface area contributed by atoms with Gasteiger partial charge in [0.25, 0.3) is 0 Å². The molecule has 4 N–H and O–H groups in total. The number of likely N-dealkylation sites (N-methyl/N-ethyl adjacent to an activating group) is 1. The van der Waals surface area contributed by atoms with E-state index in [1.54, 1.807) is 0 Å². The Labute approximate surface area is 115 Å². The highest BCUT2D eigenvalue weighted by molar-refractivity contribution is 5.96. The van der Waals surface area contributed by atoms with Gasteiger partial charge in [-0.2, -0.15) is 0 Å². The molecule has 1 fully saturated rings. The molecule has 6 nitrogen and oxygen atoms in total. The molecule has 0 aliphatic heterocycles. The number of nitrogens with two attached hydrogens (primary N) is 1. The molecule has 0 aromatic carbocycles. The maximum atomic E-state index is 12.0. The average Bonchev–Trinajstić information content (AvgIpc) is 2.85. The van der Waals surface area contributed by atoms with Crippen molar-refractivity contribution >= 4 is 11.9 Å². The molecule has 1 rings (SSSR count). The number of hydrogen-bond donors (Lipinski definition) is 3. The van der Waals surface area contributed by atoms with Crippen LogP contribution >= 0.6 is 0 Å². The standard InChI is InChI=1S/C13H26N4O2/c1-4-15-13(19)16-12(18)9(2)17(3)11-7-5-6-10(11)8-14/h9-11H,4-8,14H2,1-3H3,(H2,15,16,18,19). The van der Waals surface area contributed by atoms with Crippen molar-refractivity contribution in [3.63, 3.8) is 0 Å². The summed E-state index contributed by atoms with van der Waals surface area (Å²) in [5.41, 5.74) is 5.77. The Kier molecular flexibility index (Phi) is 6.24. The summed E-state index contributed by atoms with van der Waals surface area (Å²) in [5, 5.41) is 4.91. The Morgan fingerprint density at radius 1 is 1.42 bits per heavy atom. The van der Waals surface area contributed by atoms with Crippen LogP contribution in [0.4, 0.5) is 4.79 Å². The Balaban J connectivity index is 2.53. The summed E-state index contributed by atoms with van der Waals surface area (Å²) >= 11 is 0. The lowest BCUT2D eigenvalue weighted by molar-refractivity contribution is -0.125. The van der Waals surface area contributed by atoms with Crippen LogP contribution in [-0.4, -0.2) is 49.1 Å². The van der Waals surface area contributed by atoms with Gasteiger partial charge >= 0.3 is 6.03 Å². The van der Waals surface area contributed by atoms with Gasteiger partial charge in [0.15, 0.2) is 0 Å². The topological polar surface area (TPSA) is 87.5 Å². The molecule has 0 bridgehead atoms. The smallest absolute Gasteiger partial charge is 0.321 e. The third kappa shape index (κ3) is 4.18. The van der Waals surface area contributed by atoms with Crippen LogP contribution in [0, 0.1) is 5.92 Å². The minimum Gasteiger partial charge on any atom is -0.338 e. The van der Waals surface area contributed by atoms with Gasteiger partial charge in [-0.3, -0.25) is 15.0 Å². The van der Waals surface area contributed by atoms with Gasteiger partial charge in [0.1, 0.15) is 0 Å². The molecule has 0 spiro atoms. The predicted molar refractivity (Wildman–Crippen MR) is 74.6 cm³/mol. The molecule has 110 valence electrons. The minimum absolute atomic E-state index is 0.267. The van der Waals surface area contributed by atoms with Crippen LogP contribution in [0.1, 0.15) is 33.1 Å². The molecule has 3 unspecified atom stereocenters. The SMILES string of the molecule is CCNC(=O)NC(=O)C(C)N(C)C1CCCC1CN. The molecule has 0 aromatic rings. The van der Waals surface area contributed by atoms with Crippen LogP contribution in [0.2, 0.25) is 0 Å². The fourth-order valence-corrected chi connectivity index (χ4v) is 2.72. The van der Waals surface area contributed by atoms with Crippen molar-refractivity contribution in [1.82, 2.24) is 15.5 Å². The van der Waals surface area contributed by atoms with E-state index in [1.807, 2.05) is 25.8 Å². The lowest BCUT2D eigenvalue weighted by Gasteiger charge is -2.33. The van der Waals surface area contributed by atoms with Crippen molar-refractivity contribution < 1.29 is 9.59 Å². The van der Waals surface area contributed by atoms with E-state index in [1.165, 1.54) is 0 Å². The minimum atomic E-state index is -0.436. The molecule has 1 aliphatic rings. The number of amides is 3. The third-order valence-electron chi connectivity index (χ3n) is 4.01. The van der Waals surface area contributed by atoms with Gasteiger partial charge in [-0.15, -0.1) is 0 Å². The molecule has 0 saturated heterocycles. The summed E-state index contributed by atoms with van der Waals surface area (Å²) in [6, 6.07) is -0.436. The fraction of sp³-hybridized carbons (Fsp3) is 0.846. The van der Waals surface area contributed by atoms with Crippen molar-refractivity contribution in [1.29, 1.82) is 0 Å². The third-order valence-corrected chi connectivity index (χ3v) is 4.01. The summed E-state index contributed by atoms with van der Waals surface area (Å²) in [4.78, 5) is 25.4. The second-order valence-corrected chi connectivity index (χ2v) is 5.18. The number of imide groups is 1. The van der Waals surface area contributed by atoms with Gasteiger partial charge in [-0.25, -0.2) is 4.79 Å². The largest absolute Gasteiger partial charge is 0.338 e. The van der Waals surface area contributed by atoms with Gasteiger partial charge < -0.3 is 11.1 Å². The lowest BCUT2D eigenvalue weighted by atomic mass is 10.0. The molecule has 0 heterocycles. The van der Waals surface area contributed by atoms with Gasteiger partial charge in [0, 0.05) is 12.6 Å². The van der Waals surface area contributed by atoms with Crippen molar-refractivity contribution in [3.05, 3.63) is 0 Å². The van der Waals surface area contributed by atoms with Crippen LogP contribution in [0.25, 0.3) is 0 Å². The Hall–Kier alpha value is -1.14. The van der Waals surface area contributed by atoms with Crippen LogP contribution in [0.5, 0.6) is 0 Å². The van der Waals surface area contributed by atoms with Crippen molar-refractivity contribution in [3.8, 4) is 0 Å². The lowest BCUT2D eigenvalue weighted by Crippen LogP contribution is -2.52. The summed E-state index contributed by atoms with van der Waals surface area (Å²) in [5.74, 6) is 0.181. The van der Waals surface area contributed by atoms with E-state index in [2.05, 4.69) is 10.6 Å². The number of urea groups is 1. The average molecular weight is 270 g/mol. The molecule has 3 atom stereocenters. The second kappa shape index (κ2) is 7.45. The number of carbonyl (C=O) groups is 2. The van der Waals surface area contributed by atoms with E-state index in [0.29, 0.717) is 25.0 Å². The van der Waals surface area contributed by atoms with Gasteiger partial charge in [-0.05, 0) is 46.2 Å². The first-order chi connectivity index (χ1) is 9.01. The maximum Gasteiger partial charge on any atom is 0.321 e. The molecule has 0 aromatic heterocycles. The van der Waals surface area contributed by atoms with Gasteiger partial charge in [0.2, 0.25) is 5.91 Å². The quantitative estimate of drug-likeness (QED) is 0.669. The van der Waals surface area contributed by atoms with E-state index in [-0.39, 0.29) is 11.9 Å². The van der Waals surface area contributed by atoms with E-state index in [4.69, 9.17) is 5.73 Å². The van der Waals surface area contributed by atoms with Crippen LogP contribution in [-0.2, 0) is 4.79 Å². The first-order valence-corrected chi connectivity index (χ1v) is 7.01.